The number of hydrogen-bond acceptors (Lipinski definition) is 4. The Morgan fingerprint density at radius 1 is 1.29 bits per heavy atom. The van der Waals surface area contributed by atoms with Crippen molar-refractivity contribution in [2.45, 2.75) is 6.92 Å². The zero-order valence-corrected chi connectivity index (χ0v) is 9.47. The molecule has 17 heavy (non-hydrogen) atoms. The van der Waals surface area contributed by atoms with Crippen molar-refractivity contribution in [1.82, 2.24) is 9.97 Å². The van der Waals surface area contributed by atoms with Gasteiger partial charge in [0.25, 0.3) is 0 Å². The van der Waals surface area contributed by atoms with Crippen molar-refractivity contribution < 1.29 is 4.39 Å². The molecule has 0 radical (unpaired) electrons. The molecule has 0 fully saturated rings. The van der Waals surface area contributed by atoms with Crippen molar-refractivity contribution in [3.8, 4) is 0 Å². The summed E-state index contributed by atoms with van der Waals surface area (Å²) in [5.74, 6) is 0.461. The Bertz CT molecular complexity index is 515. The lowest BCUT2D eigenvalue weighted by Gasteiger charge is -2.21. The van der Waals surface area contributed by atoms with Gasteiger partial charge in [-0.15, -0.1) is 0 Å². The van der Waals surface area contributed by atoms with Gasteiger partial charge < -0.3 is 10.6 Å². The first-order valence-corrected chi connectivity index (χ1v) is 5.33. The second kappa shape index (κ2) is 4.78. The molecular weight excluding hydrogens is 219 g/mol. The zero-order chi connectivity index (χ0) is 12.3. The van der Waals surface area contributed by atoms with E-state index in [9.17, 15) is 4.39 Å². The highest BCUT2D eigenvalue weighted by atomic mass is 19.1. The van der Waals surface area contributed by atoms with Crippen molar-refractivity contribution in [2.24, 2.45) is 0 Å². The second-order valence-corrected chi connectivity index (χ2v) is 3.48. The molecule has 0 atom stereocenters. The lowest BCUT2D eigenvalue weighted by molar-refractivity contribution is 0.624. The largest absolute Gasteiger partial charge is 0.384 e. The molecule has 0 aliphatic carbocycles. The Kier molecular flexibility index (Phi) is 3.18. The first-order valence-electron chi connectivity index (χ1n) is 5.33. The second-order valence-electron chi connectivity index (χ2n) is 3.48. The van der Waals surface area contributed by atoms with Crippen LogP contribution < -0.4 is 10.6 Å². The van der Waals surface area contributed by atoms with Crippen LogP contribution in [-0.4, -0.2) is 16.5 Å². The molecular formula is C12H13FN4. The predicted octanol–water partition coefficient (Wildman–Crippen LogP) is 2.36. The van der Waals surface area contributed by atoms with E-state index in [0.29, 0.717) is 24.0 Å². The number of aromatic nitrogens is 2. The van der Waals surface area contributed by atoms with Gasteiger partial charge in [0.1, 0.15) is 11.6 Å². The number of anilines is 3. The van der Waals surface area contributed by atoms with E-state index in [1.165, 1.54) is 6.07 Å². The fraction of sp³-hybridized carbons (Fsp3) is 0.167. The van der Waals surface area contributed by atoms with E-state index in [0.717, 1.165) is 0 Å². The number of nitrogens with two attached hydrogens (primary N) is 1. The molecule has 5 heteroatoms. The summed E-state index contributed by atoms with van der Waals surface area (Å²) in [6, 6.07) is 8.11. The fourth-order valence-corrected chi connectivity index (χ4v) is 1.58. The molecule has 0 unspecified atom stereocenters. The predicted molar refractivity (Wildman–Crippen MR) is 65.5 cm³/mol. The van der Waals surface area contributed by atoms with E-state index >= 15 is 0 Å². The maximum Gasteiger partial charge on any atom is 0.231 e. The summed E-state index contributed by atoms with van der Waals surface area (Å²) in [5, 5.41) is 0. The van der Waals surface area contributed by atoms with Crippen molar-refractivity contribution >= 4 is 17.5 Å². The Labute approximate surface area is 98.9 Å². The van der Waals surface area contributed by atoms with Crippen LogP contribution in [0.4, 0.5) is 21.8 Å². The maximum atomic E-state index is 13.7. The molecule has 0 aliphatic rings. The molecule has 0 saturated carbocycles. The molecule has 2 N–H and O–H groups in total. The molecule has 2 rings (SSSR count). The van der Waals surface area contributed by atoms with Gasteiger partial charge in [0.2, 0.25) is 5.95 Å². The van der Waals surface area contributed by atoms with Gasteiger partial charge in [-0.05, 0) is 25.1 Å². The standard InChI is InChI=1S/C12H13FN4/c1-2-17(10-6-4-3-5-9(10)13)12-15-8-7-11(14)16-12/h3-8H,2H2,1H3,(H2,14,15,16). The van der Waals surface area contributed by atoms with Crippen LogP contribution >= 0.6 is 0 Å². The molecule has 0 bridgehead atoms. The zero-order valence-electron chi connectivity index (χ0n) is 9.47. The third kappa shape index (κ3) is 2.33. The third-order valence-corrected chi connectivity index (χ3v) is 2.37. The number of nitrogen functional groups attached to an aromatic ring is 1. The molecule has 1 aromatic heterocycles. The summed E-state index contributed by atoms with van der Waals surface area (Å²) in [5.41, 5.74) is 6.04. The summed E-state index contributed by atoms with van der Waals surface area (Å²) < 4.78 is 13.7. The molecule has 2 aromatic rings. The topological polar surface area (TPSA) is 55.0 Å². The third-order valence-electron chi connectivity index (χ3n) is 2.37. The van der Waals surface area contributed by atoms with E-state index in [2.05, 4.69) is 9.97 Å². The van der Waals surface area contributed by atoms with Crippen molar-refractivity contribution in [2.75, 3.05) is 17.2 Å². The first kappa shape index (κ1) is 11.3. The minimum Gasteiger partial charge on any atom is -0.384 e. The van der Waals surface area contributed by atoms with Crippen LogP contribution in [0, 0.1) is 5.82 Å². The molecule has 4 nitrogen and oxygen atoms in total. The minimum atomic E-state index is -0.305. The van der Waals surface area contributed by atoms with Crippen LogP contribution in [-0.2, 0) is 0 Å². The van der Waals surface area contributed by atoms with Gasteiger partial charge in [-0.3, -0.25) is 0 Å². The summed E-state index contributed by atoms with van der Waals surface area (Å²) >= 11 is 0. The summed E-state index contributed by atoms with van der Waals surface area (Å²) in [6.45, 7) is 2.46. The average molecular weight is 232 g/mol. The van der Waals surface area contributed by atoms with E-state index in [1.807, 2.05) is 6.92 Å². The molecule has 88 valence electrons. The first-order chi connectivity index (χ1) is 8.22. The van der Waals surface area contributed by atoms with Gasteiger partial charge in [-0.2, -0.15) is 4.98 Å². The number of rotatable bonds is 3. The Morgan fingerprint density at radius 3 is 2.71 bits per heavy atom. The molecule has 0 amide bonds. The van der Waals surface area contributed by atoms with Crippen LogP contribution in [0.15, 0.2) is 36.5 Å². The van der Waals surface area contributed by atoms with Crippen LogP contribution in [0.2, 0.25) is 0 Å². The smallest absolute Gasteiger partial charge is 0.231 e. The molecule has 0 saturated heterocycles. The lowest BCUT2D eigenvalue weighted by atomic mass is 10.3. The number of benzene rings is 1. The number of hydrogen-bond donors (Lipinski definition) is 1. The lowest BCUT2D eigenvalue weighted by Crippen LogP contribution is -2.20. The fourth-order valence-electron chi connectivity index (χ4n) is 1.58. The van der Waals surface area contributed by atoms with E-state index < -0.39 is 0 Å². The Morgan fingerprint density at radius 2 is 2.06 bits per heavy atom. The van der Waals surface area contributed by atoms with Gasteiger partial charge in [-0.25, -0.2) is 9.37 Å². The van der Waals surface area contributed by atoms with Crippen LogP contribution in [0.3, 0.4) is 0 Å². The van der Waals surface area contributed by atoms with Gasteiger partial charge >= 0.3 is 0 Å². The number of para-hydroxylation sites is 1. The molecule has 0 aliphatic heterocycles. The normalized spacial score (nSPS) is 10.2. The monoisotopic (exact) mass is 232 g/mol. The van der Waals surface area contributed by atoms with Crippen LogP contribution in [0.5, 0.6) is 0 Å². The summed E-state index contributed by atoms with van der Waals surface area (Å²) in [6.07, 6.45) is 1.56. The van der Waals surface area contributed by atoms with Gasteiger partial charge in [0, 0.05) is 12.7 Å². The van der Waals surface area contributed by atoms with Gasteiger partial charge in [0.05, 0.1) is 5.69 Å². The van der Waals surface area contributed by atoms with Crippen molar-refractivity contribution in [1.29, 1.82) is 0 Å². The molecule has 1 aromatic carbocycles. The minimum absolute atomic E-state index is 0.305. The maximum absolute atomic E-state index is 13.7. The van der Waals surface area contributed by atoms with E-state index in [-0.39, 0.29) is 5.82 Å². The summed E-state index contributed by atoms with van der Waals surface area (Å²) in [4.78, 5) is 9.86. The van der Waals surface area contributed by atoms with Crippen molar-refractivity contribution in [3.05, 3.63) is 42.3 Å². The molecule has 0 spiro atoms. The number of nitrogens with zero attached hydrogens (tertiary/aromatic N) is 3. The number of halogens is 1. The van der Waals surface area contributed by atoms with E-state index in [1.54, 1.807) is 35.4 Å². The quantitative estimate of drug-likeness (QED) is 0.882. The highest BCUT2D eigenvalue weighted by Crippen LogP contribution is 2.24. The van der Waals surface area contributed by atoms with E-state index in [4.69, 9.17) is 5.73 Å². The highest BCUT2D eigenvalue weighted by Gasteiger charge is 2.13. The van der Waals surface area contributed by atoms with Crippen LogP contribution in [0.25, 0.3) is 0 Å². The Hall–Kier alpha value is -2.17. The SMILES string of the molecule is CCN(c1nccc(N)n1)c1ccccc1F. The van der Waals surface area contributed by atoms with Gasteiger partial charge in [0.15, 0.2) is 0 Å². The average Bonchev–Trinajstić information content (AvgIpc) is 2.33. The summed E-state index contributed by atoms with van der Waals surface area (Å²) in [7, 11) is 0. The van der Waals surface area contributed by atoms with Gasteiger partial charge in [-0.1, -0.05) is 12.1 Å². The highest BCUT2D eigenvalue weighted by molar-refractivity contribution is 5.58. The van der Waals surface area contributed by atoms with Crippen molar-refractivity contribution in [3.63, 3.8) is 0 Å². The molecule has 1 heterocycles. The Balaban J connectivity index is 2.44. The van der Waals surface area contributed by atoms with Crippen LogP contribution in [0.1, 0.15) is 6.92 Å².